The van der Waals surface area contributed by atoms with Gasteiger partial charge in [-0.15, -0.1) is 0 Å². The molecular weight excluding hydrogens is 410 g/mol. The Bertz CT molecular complexity index is 1010. The van der Waals surface area contributed by atoms with E-state index in [-0.39, 0.29) is 6.03 Å². The third-order valence-electron chi connectivity index (χ3n) is 5.37. The number of rotatable bonds is 7. The highest BCUT2D eigenvalue weighted by Gasteiger charge is 2.12. The molecule has 0 saturated carbocycles. The lowest BCUT2D eigenvalue weighted by atomic mass is 10.2. The first-order valence-electron chi connectivity index (χ1n) is 10.6. The number of carbonyl (C=O) groups excluding carboxylic acids is 1. The predicted octanol–water partition coefficient (Wildman–Crippen LogP) is 3.18. The second kappa shape index (κ2) is 10.0. The summed E-state index contributed by atoms with van der Waals surface area (Å²) in [6.07, 6.45) is 0.934. The number of urea groups is 1. The van der Waals surface area contributed by atoms with E-state index in [1.165, 1.54) is 16.9 Å². The van der Waals surface area contributed by atoms with Gasteiger partial charge in [0.15, 0.2) is 5.13 Å². The van der Waals surface area contributed by atoms with Crippen molar-refractivity contribution in [3.63, 3.8) is 0 Å². The van der Waals surface area contributed by atoms with Crippen molar-refractivity contribution < 1.29 is 4.79 Å². The number of benzene rings is 1. The summed E-state index contributed by atoms with van der Waals surface area (Å²) >= 11 is 1.38. The first-order chi connectivity index (χ1) is 15.1. The number of aromatic nitrogens is 2. The van der Waals surface area contributed by atoms with E-state index in [1.807, 2.05) is 24.1 Å². The van der Waals surface area contributed by atoms with Crippen LogP contribution in [0.15, 0.2) is 36.4 Å². The third kappa shape index (κ3) is 5.69. The van der Waals surface area contributed by atoms with Crippen molar-refractivity contribution in [1.82, 2.24) is 25.5 Å². The molecule has 0 unspecified atom stereocenters. The number of nitrogens with one attached hydrogen (secondary N) is 3. The Hall–Kier alpha value is -2.75. The van der Waals surface area contributed by atoms with Crippen molar-refractivity contribution in [2.75, 3.05) is 56.5 Å². The molecule has 3 N–H and O–H groups in total. The monoisotopic (exact) mass is 439 g/mol. The van der Waals surface area contributed by atoms with Crippen LogP contribution >= 0.6 is 11.3 Å². The second-order valence-electron chi connectivity index (χ2n) is 7.73. The van der Waals surface area contributed by atoms with Crippen molar-refractivity contribution >= 4 is 44.4 Å². The summed E-state index contributed by atoms with van der Waals surface area (Å²) < 4.78 is 0. The number of nitrogens with zero attached hydrogens (tertiary/aromatic N) is 4. The lowest BCUT2D eigenvalue weighted by molar-refractivity contribution is 0.234. The third-order valence-corrected chi connectivity index (χ3v) is 6.25. The molecule has 1 aliphatic heterocycles. The average molecular weight is 440 g/mol. The van der Waals surface area contributed by atoms with E-state index in [4.69, 9.17) is 4.98 Å². The molecule has 0 aliphatic carbocycles. The van der Waals surface area contributed by atoms with Crippen LogP contribution in [0.1, 0.15) is 12.0 Å². The van der Waals surface area contributed by atoms with Crippen LogP contribution in [-0.2, 0) is 0 Å². The molecule has 0 spiro atoms. The second-order valence-corrected chi connectivity index (χ2v) is 8.71. The van der Waals surface area contributed by atoms with E-state index in [2.05, 4.69) is 57.0 Å². The van der Waals surface area contributed by atoms with Crippen molar-refractivity contribution in [1.29, 1.82) is 0 Å². The van der Waals surface area contributed by atoms with Gasteiger partial charge in [-0.1, -0.05) is 29.0 Å². The molecule has 164 valence electrons. The summed E-state index contributed by atoms with van der Waals surface area (Å²) in [5.41, 5.74) is 3.07. The minimum atomic E-state index is -0.226. The van der Waals surface area contributed by atoms with E-state index in [0.29, 0.717) is 11.7 Å². The average Bonchev–Trinajstić information content (AvgIpc) is 3.19. The highest BCUT2D eigenvalue weighted by molar-refractivity contribution is 7.22. The van der Waals surface area contributed by atoms with Gasteiger partial charge < -0.3 is 20.4 Å². The standard InChI is InChI=1S/C22H29N7OS/c1-16-4-6-17(7-5-16)28(2)19-9-8-18-20(26-19)31-22(25-18)27-21(30)24-10-3-13-29-14-11-23-12-15-29/h4-9,23H,3,10-15H2,1-2H3,(H2,24,25,27,30). The van der Waals surface area contributed by atoms with Gasteiger partial charge in [0.05, 0.1) is 0 Å². The van der Waals surface area contributed by atoms with E-state index in [0.717, 1.165) is 61.0 Å². The molecule has 0 bridgehead atoms. The number of carbonyl (C=O) groups is 1. The summed E-state index contributed by atoms with van der Waals surface area (Å²) in [4.78, 5) is 26.7. The Morgan fingerprint density at radius 2 is 1.94 bits per heavy atom. The lowest BCUT2D eigenvalue weighted by Crippen LogP contribution is -2.44. The fourth-order valence-corrected chi connectivity index (χ4v) is 4.36. The summed E-state index contributed by atoms with van der Waals surface area (Å²) in [5.74, 6) is 0.837. The molecule has 1 aromatic carbocycles. The van der Waals surface area contributed by atoms with Crippen LogP contribution in [-0.4, -0.2) is 67.2 Å². The zero-order valence-corrected chi connectivity index (χ0v) is 18.8. The van der Waals surface area contributed by atoms with Crippen molar-refractivity contribution in [3.05, 3.63) is 42.0 Å². The van der Waals surface area contributed by atoms with Crippen molar-refractivity contribution in [2.45, 2.75) is 13.3 Å². The molecular formula is C22H29N7OS. The van der Waals surface area contributed by atoms with Crippen LogP contribution in [0.25, 0.3) is 10.3 Å². The fourth-order valence-electron chi connectivity index (χ4n) is 3.53. The number of anilines is 3. The van der Waals surface area contributed by atoms with Crippen molar-refractivity contribution in [2.24, 2.45) is 0 Å². The minimum absolute atomic E-state index is 0.226. The van der Waals surface area contributed by atoms with E-state index >= 15 is 0 Å². The zero-order chi connectivity index (χ0) is 21.6. The smallest absolute Gasteiger partial charge is 0.321 e. The molecule has 0 radical (unpaired) electrons. The molecule has 31 heavy (non-hydrogen) atoms. The topological polar surface area (TPSA) is 85.4 Å². The molecule has 0 atom stereocenters. The van der Waals surface area contributed by atoms with Gasteiger partial charge >= 0.3 is 6.03 Å². The maximum Gasteiger partial charge on any atom is 0.321 e. The maximum atomic E-state index is 12.2. The van der Waals surface area contributed by atoms with Gasteiger partial charge in [-0.2, -0.15) is 0 Å². The molecule has 9 heteroatoms. The summed E-state index contributed by atoms with van der Waals surface area (Å²) in [6, 6.07) is 12.0. The van der Waals surface area contributed by atoms with Crippen LogP contribution < -0.4 is 20.9 Å². The molecule has 3 aromatic rings. The highest BCUT2D eigenvalue weighted by atomic mass is 32.1. The van der Waals surface area contributed by atoms with Gasteiger partial charge in [0, 0.05) is 45.5 Å². The molecule has 4 rings (SSSR count). The molecule has 8 nitrogen and oxygen atoms in total. The van der Waals surface area contributed by atoms with Crippen LogP contribution in [0, 0.1) is 6.92 Å². The molecule has 3 heterocycles. The molecule has 1 saturated heterocycles. The zero-order valence-electron chi connectivity index (χ0n) is 18.0. The lowest BCUT2D eigenvalue weighted by Gasteiger charge is -2.27. The van der Waals surface area contributed by atoms with Gasteiger partial charge in [-0.05, 0) is 44.2 Å². The van der Waals surface area contributed by atoms with Crippen LogP contribution in [0.5, 0.6) is 0 Å². The number of amides is 2. The van der Waals surface area contributed by atoms with Gasteiger partial charge in [0.2, 0.25) is 0 Å². The maximum absolute atomic E-state index is 12.2. The minimum Gasteiger partial charge on any atom is -0.338 e. The normalized spacial score (nSPS) is 14.5. The number of aryl methyl sites for hydroxylation is 1. The van der Waals surface area contributed by atoms with Gasteiger partial charge in [0.25, 0.3) is 0 Å². The highest BCUT2D eigenvalue weighted by Crippen LogP contribution is 2.29. The first kappa shape index (κ1) is 21.5. The number of hydrogen-bond acceptors (Lipinski definition) is 7. The van der Waals surface area contributed by atoms with Gasteiger partial charge in [-0.25, -0.2) is 14.8 Å². The van der Waals surface area contributed by atoms with E-state index in [1.54, 1.807) is 0 Å². The SMILES string of the molecule is Cc1ccc(N(C)c2ccc3nc(NC(=O)NCCCN4CCNCC4)sc3n2)cc1. The van der Waals surface area contributed by atoms with Crippen LogP contribution in [0.2, 0.25) is 0 Å². The molecule has 1 fully saturated rings. The van der Waals surface area contributed by atoms with E-state index in [9.17, 15) is 4.79 Å². The van der Waals surface area contributed by atoms with Crippen LogP contribution in [0.4, 0.5) is 21.4 Å². The first-order valence-corrected chi connectivity index (χ1v) is 11.5. The molecule has 1 aliphatic rings. The van der Waals surface area contributed by atoms with Crippen LogP contribution in [0.3, 0.4) is 0 Å². The van der Waals surface area contributed by atoms with E-state index < -0.39 is 0 Å². The number of fused-ring (bicyclic) bond motifs is 1. The van der Waals surface area contributed by atoms with Gasteiger partial charge in [0.1, 0.15) is 16.2 Å². The number of thiazole rings is 1. The number of pyridine rings is 1. The van der Waals surface area contributed by atoms with Gasteiger partial charge in [-0.3, -0.25) is 5.32 Å². The Morgan fingerprint density at radius 3 is 2.71 bits per heavy atom. The quantitative estimate of drug-likeness (QED) is 0.490. The Balaban J connectivity index is 1.31. The number of piperazine rings is 1. The summed E-state index contributed by atoms with van der Waals surface area (Å²) in [6.45, 7) is 7.96. The number of hydrogen-bond donors (Lipinski definition) is 3. The Morgan fingerprint density at radius 1 is 1.16 bits per heavy atom. The fraction of sp³-hybridized carbons (Fsp3) is 0.409. The Labute approximate surface area is 186 Å². The largest absolute Gasteiger partial charge is 0.338 e. The molecule has 2 aromatic heterocycles. The van der Waals surface area contributed by atoms with Crippen molar-refractivity contribution in [3.8, 4) is 0 Å². The molecule has 2 amide bonds. The predicted molar refractivity (Wildman–Crippen MR) is 128 cm³/mol. The summed E-state index contributed by atoms with van der Waals surface area (Å²) in [5, 5.41) is 9.65. The Kier molecular flexibility index (Phi) is 6.96. The summed E-state index contributed by atoms with van der Waals surface area (Å²) in [7, 11) is 1.99.